The van der Waals surface area contributed by atoms with Crippen LogP contribution in [0.2, 0.25) is 0 Å². The number of rotatable bonds is 5. The van der Waals surface area contributed by atoms with Crippen molar-refractivity contribution in [2.24, 2.45) is 5.73 Å². The van der Waals surface area contributed by atoms with Crippen LogP contribution in [0.3, 0.4) is 0 Å². The fourth-order valence-corrected chi connectivity index (χ4v) is 1.01. The quantitative estimate of drug-likeness (QED) is 0.732. The lowest BCUT2D eigenvalue weighted by Crippen LogP contribution is -2.29. The molecular formula is C10H14FNO2. The first-order chi connectivity index (χ1) is 6.72. The Morgan fingerprint density at radius 1 is 1.50 bits per heavy atom. The molecule has 1 aromatic rings. The standard InChI is InChI=1S/C10H14FNO2/c11-9-3-1-2-8(4-9)6-14-7-10(12)5-13/h1-4,10,13H,5-7,12H2/t10-/m1/s1. The van der Waals surface area contributed by atoms with Crippen LogP contribution in [-0.4, -0.2) is 24.4 Å². The summed E-state index contributed by atoms with van der Waals surface area (Å²) in [5.41, 5.74) is 6.18. The fraction of sp³-hybridized carbons (Fsp3) is 0.400. The molecule has 0 amide bonds. The van der Waals surface area contributed by atoms with Crippen molar-refractivity contribution in [2.45, 2.75) is 12.6 Å². The van der Waals surface area contributed by atoms with Crippen molar-refractivity contribution in [3.8, 4) is 0 Å². The normalized spacial score (nSPS) is 12.8. The molecule has 1 rings (SSSR count). The Kier molecular flexibility index (Phi) is 4.52. The van der Waals surface area contributed by atoms with Gasteiger partial charge in [0.05, 0.1) is 25.9 Å². The van der Waals surface area contributed by atoms with Gasteiger partial charge in [0.1, 0.15) is 5.82 Å². The Balaban J connectivity index is 2.31. The maximum absolute atomic E-state index is 12.7. The Hall–Kier alpha value is -0.970. The summed E-state index contributed by atoms with van der Waals surface area (Å²) >= 11 is 0. The highest BCUT2D eigenvalue weighted by molar-refractivity contribution is 5.15. The lowest BCUT2D eigenvalue weighted by molar-refractivity contribution is 0.0897. The molecule has 0 saturated heterocycles. The zero-order valence-electron chi connectivity index (χ0n) is 7.82. The van der Waals surface area contributed by atoms with E-state index in [0.717, 1.165) is 5.56 Å². The van der Waals surface area contributed by atoms with Gasteiger partial charge < -0.3 is 15.6 Å². The van der Waals surface area contributed by atoms with Crippen LogP contribution >= 0.6 is 0 Å². The third-order valence-corrected chi connectivity index (χ3v) is 1.72. The molecule has 1 atom stereocenters. The minimum atomic E-state index is -0.372. The second-order valence-corrected chi connectivity index (χ2v) is 3.09. The summed E-state index contributed by atoms with van der Waals surface area (Å²) < 4.78 is 17.9. The molecule has 0 aliphatic rings. The molecule has 0 bridgehead atoms. The molecule has 0 aliphatic heterocycles. The number of aliphatic hydroxyl groups excluding tert-OH is 1. The van der Waals surface area contributed by atoms with Crippen molar-refractivity contribution in [3.05, 3.63) is 35.6 Å². The van der Waals surface area contributed by atoms with Gasteiger partial charge in [0.25, 0.3) is 0 Å². The van der Waals surface area contributed by atoms with Gasteiger partial charge in [-0.25, -0.2) is 4.39 Å². The zero-order valence-corrected chi connectivity index (χ0v) is 7.82. The van der Waals surface area contributed by atoms with Gasteiger partial charge in [-0.3, -0.25) is 0 Å². The molecule has 0 aliphatic carbocycles. The van der Waals surface area contributed by atoms with E-state index in [1.54, 1.807) is 12.1 Å². The van der Waals surface area contributed by atoms with Gasteiger partial charge >= 0.3 is 0 Å². The van der Waals surface area contributed by atoms with Crippen LogP contribution in [0.25, 0.3) is 0 Å². The van der Waals surface area contributed by atoms with Gasteiger partial charge in [0.15, 0.2) is 0 Å². The third kappa shape index (κ3) is 3.83. The van der Waals surface area contributed by atoms with Crippen molar-refractivity contribution >= 4 is 0 Å². The van der Waals surface area contributed by atoms with Gasteiger partial charge in [0, 0.05) is 0 Å². The van der Waals surface area contributed by atoms with E-state index < -0.39 is 0 Å². The molecule has 14 heavy (non-hydrogen) atoms. The first-order valence-electron chi connectivity index (χ1n) is 4.41. The van der Waals surface area contributed by atoms with Crippen LogP contribution in [0.5, 0.6) is 0 Å². The molecule has 0 aromatic heterocycles. The van der Waals surface area contributed by atoms with Crippen molar-refractivity contribution in [2.75, 3.05) is 13.2 Å². The van der Waals surface area contributed by atoms with Gasteiger partial charge in [-0.05, 0) is 17.7 Å². The van der Waals surface area contributed by atoms with E-state index in [4.69, 9.17) is 15.6 Å². The predicted molar refractivity (Wildman–Crippen MR) is 51.1 cm³/mol. The topological polar surface area (TPSA) is 55.5 Å². The highest BCUT2D eigenvalue weighted by Gasteiger charge is 2.00. The molecule has 3 nitrogen and oxygen atoms in total. The largest absolute Gasteiger partial charge is 0.395 e. The van der Waals surface area contributed by atoms with Crippen LogP contribution in [0.15, 0.2) is 24.3 Å². The SMILES string of the molecule is N[C@H](CO)COCc1cccc(F)c1. The Morgan fingerprint density at radius 2 is 2.29 bits per heavy atom. The van der Waals surface area contributed by atoms with Crippen LogP contribution < -0.4 is 5.73 Å². The summed E-state index contributed by atoms with van der Waals surface area (Å²) in [7, 11) is 0. The molecule has 4 heteroatoms. The fourth-order valence-electron chi connectivity index (χ4n) is 1.01. The number of benzene rings is 1. The molecular weight excluding hydrogens is 185 g/mol. The van der Waals surface area contributed by atoms with Crippen molar-refractivity contribution < 1.29 is 14.2 Å². The number of nitrogens with two attached hydrogens (primary N) is 1. The number of aliphatic hydroxyl groups is 1. The maximum Gasteiger partial charge on any atom is 0.123 e. The van der Waals surface area contributed by atoms with Crippen LogP contribution in [0, 0.1) is 5.82 Å². The summed E-state index contributed by atoms with van der Waals surface area (Å²) in [4.78, 5) is 0. The number of hydrogen-bond acceptors (Lipinski definition) is 3. The van der Waals surface area contributed by atoms with Crippen molar-refractivity contribution in [3.63, 3.8) is 0 Å². The minimum Gasteiger partial charge on any atom is -0.395 e. The van der Waals surface area contributed by atoms with Crippen LogP contribution in [0.4, 0.5) is 4.39 Å². The Bertz CT molecular complexity index is 281. The lowest BCUT2D eigenvalue weighted by atomic mass is 10.2. The number of hydrogen-bond donors (Lipinski definition) is 2. The second-order valence-electron chi connectivity index (χ2n) is 3.09. The summed E-state index contributed by atoms with van der Waals surface area (Å²) in [6.07, 6.45) is 0. The van der Waals surface area contributed by atoms with Crippen LogP contribution in [-0.2, 0) is 11.3 Å². The maximum atomic E-state index is 12.7. The minimum absolute atomic E-state index is 0.108. The highest BCUT2D eigenvalue weighted by atomic mass is 19.1. The average Bonchev–Trinajstić information content (AvgIpc) is 2.17. The molecule has 0 unspecified atom stereocenters. The number of halogens is 1. The van der Waals surface area contributed by atoms with E-state index in [1.807, 2.05) is 0 Å². The summed E-state index contributed by atoms with van der Waals surface area (Å²) in [6.45, 7) is 0.474. The zero-order chi connectivity index (χ0) is 10.4. The Morgan fingerprint density at radius 3 is 2.93 bits per heavy atom. The average molecular weight is 199 g/mol. The third-order valence-electron chi connectivity index (χ3n) is 1.72. The molecule has 3 N–H and O–H groups in total. The molecule has 0 fully saturated rings. The summed E-state index contributed by atoms with van der Waals surface area (Å²) in [5, 5.41) is 8.61. The van der Waals surface area contributed by atoms with Gasteiger partial charge in [0.2, 0.25) is 0 Å². The van der Waals surface area contributed by atoms with E-state index in [9.17, 15) is 4.39 Å². The van der Waals surface area contributed by atoms with Crippen molar-refractivity contribution in [1.82, 2.24) is 0 Å². The molecule has 0 saturated carbocycles. The molecule has 1 aromatic carbocycles. The second kappa shape index (κ2) is 5.70. The summed E-state index contributed by atoms with van der Waals surface area (Å²) in [5.74, 6) is -0.280. The Labute approximate surface area is 82.3 Å². The highest BCUT2D eigenvalue weighted by Crippen LogP contribution is 2.04. The van der Waals surface area contributed by atoms with E-state index in [2.05, 4.69) is 0 Å². The molecule has 78 valence electrons. The summed E-state index contributed by atoms with van der Waals surface area (Å²) in [6, 6.07) is 5.81. The smallest absolute Gasteiger partial charge is 0.123 e. The number of ether oxygens (including phenoxy) is 1. The monoisotopic (exact) mass is 199 g/mol. The van der Waals surface area contributed by atoms with E-state index in [1.165, 1.54) is 12.1 Å². The molecule has 0 radical (unpaired) electrons. The van der Waals surface area contributed by atoms with Crippen LogP contribution in [0.1, 0.15) is 5.56 Å². The predicted octanol–water partition coefficient (Wildman–Crippen LogP) is 0.662. The molecule has 0 spiro atoms. The van der Waals surface area contributed by atoms with Gasteiger partial charge in [-0.1, -0.05) is 12.1 Å². The molecule has 0 heterocycles. The van der Waals surface area contributed by atoms with E-state index in [0.29, 0.717) is 6.61 Å². The first kappa shape index (κ1) is 11.1. The van der Waals surface area contributed by atoms with Gasteiger partial charge in [-0.2, -0.15) is 0 Å². The first-order valence-corrected chi connectivity index (χ1v) is 4.41. The van der Waals surface area contributed by atoms with Gasteiger partial charge in [-0.15, -0.1) is 0 Å². The lowest BCUT2D eigenvalue weighted by Gasteiger charge is -2.08. The van der Waals surface area contributed by atoms with E-state index in [-0.39, 0.29) is 25.1 Å². The van der Waals surface area contributed by atoms with E-state index >= 15 is 0 Å². The van der Waals surface area contributed by atoms with Crippen molar-refractivity contribution in [1.29, 1.82) is 0 Å².